The molecule has 1 aliphatic heterocycles. The SMILES string of the molecule is O=C(CC1CCC(=O)N1Cc1cccc(F)c1F)NCCc1cccc(Br)c1. The van der Waals surface area contributed by atoms with Crippen molar-refractivity contribution in [2.75, 3.05) is 6.54 Å². The number of amides is 2. The molecule has 1 N–H and O–H groups in total. The Kier molecular flexibility index (Phi) is 6.78. The third-order valence-electron chi connectivity index (χ3n) is 4.87. The van der Waals surface area contributed by atoms with Gasteiger partial charge in [-0.1, -0.05) is 40.2 Å². The third kappa shape index (κ3) is 5.16. The van der Waals surface area contributed by atoms with E-state index in [4.69, 9.17) is 0 Å². The molecule has 0 bridgehead atoms. The van der Waals surface area contributed by atoms with Crippen LogP contribution in [0, 0.1) is 11.6 Å². The molecular formula is C21H21BrF2N2O2. The number of hydrogen-bond donors (Lipinski definition) is 1. The lowest BCUT2D eigenvalue weighted by atomic mass is 10.1. The summed E-state index contributed by atoms with van der Waals surface area (Å²) in [7, 11) is 0. The third-order valence-corrected chi connectivity index (χ3v) is 5.36. The van der Waals surface area contributed by atoms with E-state index in [1.807, 2.05) is 24.3 Å². The van der Waals surface area contributed by atoms with E-state index in [1.54, 1.807) is 0 Å². The van der Waals surface area contributed by atoms with Gasteiger partial charge in [-0.2, -0.15) is 0 Å². The van der Waals surface area contributed by atoms with Crippen LogP contribution in [0.25, 0.3) is 0 Å². The molecule has 4 nitrogen and oxygen atoms in total. The van der Waals surface area contributed by atoms with E-state index in [-0.39, 0.29) is 36.4 Å². The van der Waals surface area contributed by atoms with Crippen LogP contribution >= 0.6 is 15.9 Å². The second-order valence-electron chi connectivity index (χ2n) is 6.86. The Morgan fingerprint density at radius 1 is 1.21 bits per heavy atom. The average Bonchev–Trinajstić information content (AvgIpc) is 2.99. The fraction of sp³-hybridized carbons (Fsp3) is 0.333. The molecule has 0 saturated carbocycles. The fourth-order valence-electron chi connectivity index (χ4n) is 3.40. The lowest BCUT2D eigenvalue weighted by molar-refractivity contribution is -0.130. The molecule has 0 aliphatic carbocycles. The molecule has 1 saturated heterocycles. The number of likely N-dealkylation sites (tertiary alicyclic amines) is 1. The number of halogens is 3. The van der Waals surface area contributed by atoms with Gasteiger partial charge in [-0.15, -0.1) is 0 Å². The number of nitrogens with zero attached hydrogens (tertiary/aromatic N) is 1. The van der Waals surface area contributed by atoms with Gasteiger partial charge in [-0.3, -0.25) is 9.59 Å². The summed E-state index contributed by atoms with van der Waals surface area (Å²) < 4.78 is 28.3. The molecule has 0 radical (unpaired) electrons. The first kappa shape index (κ1) is 20.5. The summed E-state index contributed by atoms with van der Waals surface area (Å²) in [5.41, 5.74) is 1.23. The Morgan fingerprint density at radius 3 is 2.79 bits per heavy atom. The zero-order valence-electron chi connectivity index (χ0n) is 15.3. The van der Waals surface area contributed by atoms with Gasteiger partial charge in [0.25, 0.3) is 0 Å². The zero-order chi connectivity index (χ0) is 20.1. The molecule has 7 heteroatoms. The molecule has 3 rings (SSSR count). The summed E-state index contributed by atoms with van der Waals surface area (Å²) in [4.78, 5) is 25.9. The number of carbonyl (C=O) groups is 2. The lowest BCUT2D eigenvalue weighted by Gasteiger charge is -2.25. The van der Waals surface area contributed by atoms with Crippen molar-refractivity contribution in [2.24, 2.45) is 0 Å². The molecular weight excluding hydrogens is 430 g/mol. The second-order valence-corrected chi connectivity index (χ2v) is 7.78. The van der Waals surface area contributed by atoms with Gasteiger partial charge in [0.15, 0.2) is 11.6 Å². The molecule has 28 heavy (non-hydrogen) atoms. The first-order chi connectivity index (χ1) is 13.4. The molecule has 1 unspecified atom stereocenters. The number of nitrogens with one attached hydrogen (secondary N) is 1. The molecule has 1 fully saturated rings. The summed E-state index contributed by atoms with van der Waals surface area (Å²) in [6, 6.07) is 11.5. The van der Waals surface area contributed by atoms with Crippen LogP contribution < -0.4 is 5.32 Å². The van der Waals surface area contributed by atoms with E-state index in [0.717, 1.165) is 16.1 Å². The number of carbonyl (C=O) groups excluding carboxylic acids is 2. The highest BCUT2D eigenvalue weighted by molar-refractivity contribution is 9.10. The standard InChI is InChI=1S/C21H21BrF2N2O2/c22-16-5-1-3-14(11-16)9-10-25-19(27)12-17-7-8-20(28)26(17)13-15-4-2-6-18(23)21(15)24/h1-6,11,17H,7-10,12-13H2,(H,25,27). The summed E-state index contributed by atoms with van der Waals surface area (Å²) in [6.07, 6.45) is 1.70. The molecule has 2 aromatic carbocycles. The molecule has 0 aromatic heterocycles. The highest BCUT2D eigenvalue weighted by Gasteiger charge is 2.33. The number of rotatable bonds is 7. The smallest absolute Gasteiger partial charge is 0.223 e. The van der Waals surface area contributed by atoms with Crippen molar-refractivity contribution >= 4 is 27.7 Å². The highest BCUT2D eigenvalue weighted by atomic mass is 79.9. The maximum absolute atomic E-state index is 13.9. The van der Waals surface area contributed by atoms with Gasteiger partial charge in [0.1, 0.15) is 0 Å². The summed E-state index contributed by atoms with van der Waals surface area (Å²) in [5, 5.41) is 2.87. The van der Waals surface area contributed by atoms with Crippen LogP contribution in [0.1, 0.15) is 30.4 Å². The first-order valence-corrected chi connectivity index (χ1v) is 9.97. The minimum Gasteiger partial charge on any atom is -0.356 e. The summed E-state index contributed by atoms with van der Waals surface area (Å²) >= 11 is 3.42. The van der Waals surface area contributed by atoms with Gasteiger partial charge in [0, 0.05) is 42.0 Å². The monoisotopic (exact) mass is 450 g/mol. The van der Waals surface area contributed by atoms with Crippen LogP contribution in [0.5, 0.6) is 0 Å². The van der Waals surface area contributed by atoms with Gasteiger partial charge < -0.3 is 10.2 Å². The minimum atomic E-state index is -0.945. The largest absolute Gasteiger partial charge is 0.356 e. The lowest BCUT2D eigenvalue weighted by Crippen LogP contribution is -2.37. The Morgan fingerprint density at radius 2 is 2.00 bits per heavy atom. The zero-order valence-corrected chi connectivity index (χ0v) is 16.8. The molecule has 2 amide bonds. The molecule has 1 aliphatic rings. The summed E-state index contributed by atoms with van der Waals surface area (Å²) in [6.45, 7) is 0.465. The fourth-order valence-corrected chi connectivity index (χ4v) is 3.85. The van der Waals surface area contributed by atoms with Crippen LogP contribution in [0.2, 0.25) is 0 Å². The van der Waals surface area contributed by atoms with Crippen LogP contribution in [0.4, 0.5) is 8.78 Å². The maximum atomic E-state index is 13.9. The predicted octanol–water partition coefficient (Wildman–Crippen LogP) is 3.97. The van der Waals surface area contributed by atoms with Gasteiger partial charge in [-0.05, 0) is 36.6 Å². The van der Waals surface area contributed by atoms with Gasteiger partial charge in [0.05, 0.1) is 0 Å². The minimum absolute atomic E-state index is 0.0293. The second kappa shape index (κ2) is 9.28. The molecule has 1 heterocycles. The molecule has 1 atom stereocenters. The van der Waals surface area contributed by atoms with E-state index in [2.05, 4.69) is 21.2 Å². The van der Waals surface area contributed by atoms with E-state index in [0.29, 0.717) is 25.8 Å². The van der Waals surface area contributed by atoms with Crippen molar-refractivity contribution in [2.45, 2.75) is 38.3 Å². The number of benzene rings is 2. The maximum Gasteiger partial charge on any atom is 0.223 e. The van der Waals surface area contributed by atoms with E-state index in [1.165, 1.54) is 17.0 Å². The Bertz CT molecular complexity index is 875. The van der Waals surface area contributed by atoms with Crippen molar-refractivity contribution in [3.63, 3.8) is 0 Å². The molecule has 2 aromatic rings. The van der Waals surface area contributed by atoms with Crippen LogP contribution in [-0.2, 0) is 22.6 Å². The number of hydrogen-bond acceptors (Lipinski definition) is 2. The van der Waals surface area contributed by atoms with Crippen molar-refractivity contribution in [3.05, 3.63) is 69.7 Å². The Labute approximate surface area is 171 Å². The van der Waals surface area contributed by atoms with Crippen molar-refractivity contribution < 1.29 is 18.4 Å². The Balaban J connectivity index is 1.54. The normalized spacial score (nSPS) is 16.5. The molecule has 0 spiro atoms. The van der Waals surface area contributed by atoms with Gasteiger partial charge in [0.2, 0.25) is 11.8 Å². The van der Waals surface area contributed by atoms with E-state index >= 15 is 0 Å². The van der Waals surface area contributed by atoms with E-state index in [9.17, 15) is 18.4 Å². The summed E-state index contributed by atoms with van der Waals surface area (Å²) in [5.74, 6) is -2.18. The van der Waals surface area contributed by atoms with Crippen molar-refractivity contribution in [1.29, 1.82) is 0 Å². The Hall–Kier alpha value is -2.28. The topological polar surface area (TPSA) is 49.4 Å². The van der Waals surface area contributed by atoms with Crippen molar-refractivity contribution in [3.8, 4) is 0 Å². The predicted molar refractivity (Wildman–Crippen MR) is 105 cm³/mol. The van der Waals surface area contributed by atoms with Crippen LogP contribution in [-0.4, -0.2) is 29.3 Å². The average molecular weight is 451 g/mol. The first-order valence-electron chi connectivity index (χ1n) is 9.17. The van der Waals surface area contributed by atoms with Gasteiger partial charge >= 0.3 is 0 Å². The quantitative estimate of drug-likeness (QED) is 0.693. The van der Waals surface area contributed by atoms with E-state index < -0.39 is 11.6 Å². The van der Waals surface area contributed by atoms with Gasteiger partial charge in [-0.25, -0.2) is 8.78 Å². The van der Waals surface area contributed by atoms with Crippen LogP contribution in [0.3, 0.4) is 0 Å². The van der Waals surface area contributed by atoms with Crippen LogP contribution in [0.15, 0.2) is 46.9 Å². The highest BCUT2D eigenvalue weighted by Crippen LogP contribution is 2.25. The van der Waals surface area contributed by atoms with Crippen molar-refractivity contribution in [1.82, 2.24) is 10.2 Å². The molecule has 148 valence electrons.